The molecule has 0 aliphatic carbocycles. The van der Waals surface area contributed by atoms with E-state index in [9.17, 15) is 4.79 Å². The molecule has 1 aromatic heterocycles. The molecular weight excluding hydrogens is 256 g/mol. The quantitative estimate of drug-likeness (QED) is 0.921. The fraction of sp³-hybridized carbons (Fsp3) is 0.714. The Balaban J connectivity index is 1.90. The first-order valence-corrected chi connectivity index (χ1v) is 7.21. The molecule has 1 N–H and O–H groups in total. The second-order valence-electron chi connectivity index (χ2n) is 5.27. The number of carbonyl (C=O) groups excluding carboxylic acids is 1. The number of aromatic nitrogens is 2. The maximum atomic E-state index is 11.6. The number of nitrogens with zero attached hydrogens (tertiary/aromatic N) is 3. The van der Waals surface area contributed by atoms with Crippen molar-refractivity contribution >= 4 is 11.8 Å². The molecule has 1 saturated heterocycles. The lowest BCUT2D eigenvalue weighted by atomic mass is 10.0. The highest BCUT2D eigenvalue weighted by Crippen LogP contribution is 2.22. The number of aryl methyl sites for hydroxylation is 2. The number of likely N-dealkylation sites (tertiary alicyclic amines) is 1. The van der Waals surface area contributed by atoms with E-state index in [0.29, 0.717) is 12.6 Å². The van der Waals surface area contributed by atoms with Crippen molar-refractivity contribution in [3.05, 3.63) is 11.4 Å². The molecule has 0 unspecified atom stereocenters. The van der Waals surface area contributed by atoms with Crippen LogP contribution in [0.2, 0.25) is 0 Å². The van der Waals surface area contributed by atoms with Gasteiger partial charge >= 0.3 is 6.09 Å². The third kappa shape index (κ3) is 3.05. The van der Waals surface area contributed by atoms with Crippen molar-refractivity contribution in [3.8, 4) is 0 Å². The highest BCUT2D eigenvalue weighted by molar-refractivity contribution is 5.67. The average Bonchev–Trinajstić information content (AvgIpc) is 2.66. The average molecular weight is 280 g/mol. The van der Waals surface area contributed by atoms with Gasteiger partial charge in [-0.2, -0.15) is 5.10 Å². The monoisotopic (exact) mass is 280 g/mol. The lowest BCUT2D eigenvalue weighted by molar-refractivity contribution is 0.0983. The zero-order valence-corrected chi connectivity index (χ0v) is 12.8. The minimum atomic E-state index is -0.195. The maximum absolute atomic E-state index is 11.6. The van der Waals surface area contributed by atoms with Gasteiger partial charge in [0.2, 0.25) is 0 Å². The second kappa shape index (κ2) is 6.15. The molecule has 0 bridgehead atoms. The van der Waals surface area contributed by atoms with Crippen LogP contribution in [-0.4, -0.2) is 46.5 Å². The Morgan fingerprint density at radius 1 is 1.40 bits per heavy atom. The summed E-state index contributed by atoms with van der Waals surface area (Å²) in [5.74, 6) is 0. The van der Waals surface area contributed by atoms with Crippen LogP contribution in [0.25, 0.3) is 0 Å². The van der Waals surface area contributed by atoms with Crippen molar-refractivity contribution in [2.75, 3.05) is 25.0 Å². The number of rotatable bonds is 3. The Morgan fingerprint density at radius 2 is 2.05 bits per heavy atom. The standard InChI is InChI=1S/C14H24N4O2/c1-5-20-14(19)18-8-6-12(7-9-18)15-13-10(2)16-17(4)11(13)3/h12,15H,5-9H2,1-4H3. The van der Waals surface area contributed by atoms with Gasteiger partial charge in [-0.15, -0.1) is 0 Å². The minimum Gasteiger partial charge on any atom is -0.450 e. The third-order valence-corrected chi connectivity index (χ3v) is 3.88. The number of ether oxygens (including phenoxy) is 1. The highest BCUT2D eigenvalue weighted by atomic mass is 16.6. The van der Waals surface area contributed by atoms with E-state index in [1.54, 1.807) is 4.90 Å². The minimum absolute atomic E-state index is 0.195. The molecule has 1 aliphatic heterocycles. The van der Waals surface area contributed by atoms with Crippen LogP contribution in [0.5, 0.6) is 0 Å². The zero-order chi connectivity index (χ0) is 14.7. The van der Waals surface area contributed by atoms with Gasteiger partial charge in [-0.3, -0.25) is 4.68 Å². The van der Waals surface area contributed by atoms with E-state index in [1.165, 1.54) is 0 Å². The van der Waals surface area contributed by atoms with E-state index in [0.717, 1.165) is 43.0 Å². The molecule has 2 heterocycles. The second-order valence-corrected chi connectivity index (χ2v) is 5.27. The van der Waals surface area contributed by atoms with Gasteiger partial charge < -0.3 is 15.0 Å². The normalized spacial score (nSPS) is 16.3. The van der Waals surface area contributed by atoms with Crippen molar-refractivity contribution in [1.82, 2.24) is 14.7 Å². The zero-order valence-electron chi connectivity index (χ0n) is 12.8. The van der Waals surface area contributed by atoms with Gasteiger partial charge in [-0.05, 0) is 33.6 Å². The van der Waals surface area contributed by atoms with Crippen LogP contribution in [0.15, 0.2) is 0 Å². The largest absolute Gasteiger partial charge is 0.450 e. The van der Waals surface area contributed by atoms with E-state index in [2.05, 4.69) is 17.3 Å². The number of piperidine rings is 1. The van der Waals surface area contributed by atoms with Crippen LogP contribution < -0.4 is 5.32 Å². The van der Waals surface area contributed by atoms with Crippen LogP contribution in [-0.2, 0) is 11.8 Å². The van der Waals surface area contributed by atoms with E-state index in [-0.39, 0.29) is 6.09 Å². The smallest absolute Gasteiger partial charge is 0.409 e. The molecular formula is C14H24N4O2. The van der Waals surface area contributed by atoms with Gasteiger partial charge in [0, 0.05) is 26.2 Å². The molecule has 2 rings (SSSR count). The molecule has 20 heavy (non-hydrogen) atoms. The molecule has 0 radical (unpaired) electrons. The van der Waals surface area contributed by atoms with Crippen LogP contribution in [0.4, 0.5) is 10.5 Å². The van der Waals surface area contributed by atoms with Crippen LogP contribution >= 0.6 is 0 Å². The topological polar surface area (TPSA) is 59.4 Å². The molecule has 1 fully saturated rings. The summed E-state index contributed by atoms with van der Waals surface area (Å²) >= 11 is 0. The molecule has 1 aliphatic rings. The first-order valence-electron chi connectivity index (χ1n) is 7.21. The first-order chi connectivity index (χ1) is 9.52. The lowest BCUT2D eigenvalue weighted by Gasteiger charge is -2.32. The van der Waals surface area contributed by atoms with Crippen LogP contribution in [0.1, 0.15) is 31.2 Å². The molecule has 1 aromatic rings. The van der Waals surface area contributed by atoms with Crippen LogP contribution in [0.3, 0.4) is 0 Å². The molecule has 0 aromatic carbocycles. The molecule has 6 nitrogen and oxygen atoms in total. The summed E-state index contributed by atoms with van der Waals surface area (Å²) in [7, 11) is 1.96. The maximum Gasteiger partial charge on any atom is 0.409 e. The number of anilines is 1. The van der Waals surface area contributed by atoms with E-state index in [4.69, 9.17) is 4.74 Å². The van der Waals surface area contributed by atoms with Gasteiger partial charge in [-0.1, -0.05) is 0 Å². The number of nitrogens with one attached hydrogen (secondary N) is 1. The third-order valence-electron chi connectivity index (χ3n) is 3.88. The summed E-state index contributed by atoms with van der Waals surface area (Å²) < 4.78 is 6.92. The fourth-order valence-electron chi connectivity index (χ4n) is 2.61. The van der Waals surface area contributed by atoms with Crippen molar-refractivity contribution in [3.63, 3.8) is 0 Å². The number of carbonyl (C=O) groups is 1. The number of hydrogen-bond donors (Lipinski definition) is 1. The number of amides is 1. The predicted molar refractivity (Wildman–Crippen MR) is 77.9 cm³/mol. The Labute approximate surface area is 120 Å². The van der Waals surface area contributed by atoms with E-state index < -0.39 is 0 Å². The lowest BCUT2D eigenvalue weighted by Crippen LogP contribution is -2.42. The highest BCUT2D eigenvalue weighted by Gasteiger charge is 2.24. The Morgan fingerprint density at radius 3 is 2.55 bits per heavy atom. The molecule has 0 saturated carbocycles. The molecule has 112 valence electrons. The van der Waals surface area contributed by atoms with E-state index in [1.807, 2.05) is 25.6 Å². The first kappa shape index (κ1) is 14.7. The molecule has 0 spiro atoms. The van der Waals surface area contributed by atoms with Gasteiger partial charge in [-0.25, -0.2) is 4.79 Å². The van der Waals surface area contributed by atoms with Gasteiger partial charge in [0.25, 0.3) is 0 Å². The van der Waals surface area contributed by atoms with E-state index >= 15 is 0 Å². The van der Waals surface area contributed by atoms with Crippen molar-refractivity contribution < 1.29 is 9.53 Å². The van der Waals surface area contributed by atoms with Gasteiger partial charge in [0.1, 0.15) is 0 Å². The summed E-state index contributed by atoms with van der Waals surface area (Å²) in [4.78, 5) is 13.4. The van der Waals surface area contributed by atoms with Crippen LogP contribution in [0, 0.1) is 13.8 Å². The molecule has 0 atom stereocenters. The Hall–Kier alpha value is -1.72. The van der Waals surface area contributed by atoms with Crippen molar-refractivity contribution in [2.24, 2.45) is 7.05 Å². The Bertz CT molecular complexity index is 476. The van der Waals surface area contributed by atoms with Gasteiger partial charge in [0.05, 0.1) is 23.7 Å². The fourth-order valence-corrected chi connectivity index (χ4v) is 2.61. The molecule has 6 heteroatoms. The SMILES string of the molecule is CCOC(=O)N1CCC(Nc2c(C)nn(C)c2C)CC1. The number of hydrogen-bond acceptors (Lipinski definition) is 4. The van der Waals surface area contributed by atoms with Gasteiger partial charge in [0.15, 0.2) is 0 Å². The summed E-state index contributed by atoms with van der Waals surface area (Å²) in [6.45, 7) is 7.84. The summed E-state index contributed by atoms with van der Waals surface area (Å²) in [5.41, 5.74) is 3.30. The van der Waals surface area contributed by atoms with Crippen molar-refractivity contribution in [2.45, 2.75) is 39.7 Å². The summed E-state index contributed by atoms with van der Waals surface area (Å²) in [6.07, 6.45) is 1.68. The molecule has 1 amide bonds. The summed E-state index contributed by atoms with van der Waals surface area (Å²) in [5, 5.41) is 7.98. The predicted octanol–water partition coefficient (Wildman–Crippen LogP) is 2.07. The summed E-state index contributed by atoms with van der Waals surface area (Å²) in [6, 6.07) is 0.391. The van der Waals surface area contributed by atoms with Crippen molar-refractivity contribution in [1.29, 1.82) is 0 Å². The Kier molecular flexibility index (Phi) is 4.52.